The molecule has 1 saturated carbocycles. The number of carbonyl (C=O) groups excluding carboxylic acids is 2. The number of halogens is 1. The summed E-state index contributed by atoms with van der Waals surface area (Å²) in [5.74, 6) is -1.74. The van der Waals surface area contributed by atoms with Crippen LogP contribution in [0.5, 0.6) is 0 Å². The maximum atomic E-state index is 12.7. The van der Waals surface area contributed by atoms with Crippen molar-refractivity contribution in [3.8, 4) is 0 Å². The van der Waals surface area contributed by atoms with Crippen molar-refractivity contribution in [2.75, 3.05) is 13.1 Å². The van der Waals surface area contributed by atoms with Gasteiger partial charge >= 0.3 is 5.97 Å². The molecule has 0 spiro atoms. The Morgan fingerprint density at radius 3 is 2.38 bits per heavy atom. The molecule has 1 saturated heterocycles. The number of carboxylic acids is 1. The Labute approximate surface area is 157 Å². The van der Waals surface area contributed by atoms with Crippen LogP contribution in [-0.4, -0.2) is 46.4 Å². The monoisotopic (exact) mass is 378 g/mol. The van der Waals surface area contributed by atoms with Crippen molar-refractivity contribution >= 4 is 29.4 Å². The Hall–Kier alpha value is -2.08. The second-order valence-corrected chi connectivity index (χ2v) is 7.62. The molecule has 2 aliphatic rings. The molecule has 140 valence electrons. The van der Waals surface area contributed by atoms with Crippen LogP contribution in [0.15, 0.2) is 24.3 Å². The minimum absolute atomic E-state index is 0.131. The number of hydrogen-bond acceptors (Lipinski definition) is 3. The first kappa shape index (κ1) is 18.7. The molecule has 1 aromatic carbocycles. The largest absolute Gasteiger partial charge is 0.480 e. The van der Waals surface area contributed by atoms with Gasteiger partial charge in [-0.2, -0.15) is 0 Å². The van der Waals surface area contributed by atoms with Crippen molar-refractivity contribution in [2.24, 2.45) is 5.92 Å². The Morgan fingerprint density at radius 1 is 1.12 bits per heavy atom. The average molecular weight is 379 g/mol. The standard InChI is InChI=1S/C19H23ClN2O4/c20-15-7-5-13(6-8-15)17(24)22-11-3-4-14(12-22)16(23)21-19(18(25)26)9-1-2-10-19/h5-8,14H,1-4,9-12H2,(H,21,23)(H,25,26). The first-order chi connectivity index (χ1) is 12.4. The highest BCUT2D eigenvalue weighted by molar-refractivity contribution is 6.30. The number of likely N-dealkylation sites (tertiary alicyclic amines) is 1. The molecule has 0 radical (unpaired) electrons. The molecule has 2 N–H and O–H groups in total. The van der Waals surface area contributed by atoms with E-state index < -0.39 is 11.5 Å². The molecule has 1 atom stereocenters. The fourth-order valence-corrected chi connectivity index (χ4v) is 3.99. The van der Waals surface area contributed by atoms with Crippen molar-refractivity contribution < 1.29 is 19.5 Å². The van der Waals surface area contributed by atoms with E-state index >= 15 is 0 Å². The van der Waals surface area contributed by atoms with E-state index in [9.17, 15) is 19.5 Å². The summed E-state index contributed by atoms with van der Waals surface area (Å²) in [6, 6.07) is 6.68. The quantitative estimate of drug-likeness (QED) is 0.843. The van der Waals surface area contributed by atoms with E-state index in [1.54, 1.807) is 29.2 Å². The van der Waals surface area contributed by atoms with Crippen molar-refractivity contribution in [3.05, 3.63) is 34.9 Å². The van der Waals surface area contributed by atoms with Crippen LogP contribution in [0.25, 0.3) is 0 Å². The van der Waals surface area contributed by atoms with Crippen LogP contribution >= 0.6 is 11.6 Å². The molecule has 3 rings (SSSR count). The summed E-state index contributed by atoms with van der Waals surface area (Å²) < 4.78 is 0. The van der Waals surface area contributed by atoms with Crippen LogP contribution in [-0.2, 0) is 9.59 Å². The van der Waals surface area contributed by atoms with Crippen molar-refractivity contribution in [3.63, 3.8) is 0 Å². The van der Waals surface area contributed by atoms with Crippen LogP contribution < -0.4 is 5.32 Å². The molecule has 0 aromatic heterocycles. The molecule has 2 fully saturated rings. The first-order valence-corrected chi connectivity index (χ1v) is 9.39. The van der Waals surface area contributed by atoms with Crippen LogP contribution in [0, 0.1) is 5.92 Å². The molecule has 1 unspecified atom stereocenters. The summed E-state index contributed by atoms with van der Waals surface area (Å²) in [5, 5.41) is 12.9. The lowest BCUT2D eigenvalue weighted by Crippen LogP contribution is -2.56. The maximum absolute atomic E-state index is 12.7. The summed E-state index contributed by atoms with van der Waals surface area (Å²) in [4.78, 5) is 38.6. The summed E-state index contributed by atoms with van der Waals surface area (Å²) in [6.07, 6.45) is 3.92. The molecular formula is C19H23ClN2O4. The van der Waals surface area contributed by atoms with E-state index in [0.29, 0.717) is 42.9 Å². The second-order valence-electron chi connectivity index (χ2n) is 7.18. The van der Waals surface area contributed by atoms with Gasteiger partial charge in [0.05, 0.1) is 5.92 Å². The van der Waals surface area contributed by atoms with Gasteiger partial charge in [-0.3, -0.25) is 9.59 Å². The summed E-state index contributed by atoms with van der Waals surface area (Å²) in [6.45, 7) is 0.901. The molecule has 1 aromatic rings. The number of rotatable bonds is 4. The van der Waals surface area contributed by atoms with Gasteiger partial charge in [-0.05, 0) is 49.9 Å². The third-order valence-electron chi connectivity index (χ3n) is 5.40. The number of nitrogens with zero attached hydrogens (tertiary/aromatic N) is 1. The second kappa shape index (κ2) is 7.66. The SMILES string of the molecule is O=C(NC1(C(=O)O)CCCC1)C1CCCN(C(=O)c2ccc(Cl)cc2)C1. The molecule has 1 aliphatic carbocycles. The van der Waals surface area contributed by atoms with Crippen molar-refractivity contribution in [1.82, 2.24) is 10.2 Å². The topological polar surface area (TPSA) is 86.7 Å². The molecule has 26 heavy (non-hydrogen) atoms. The minimum Gasteiger partial charge on any atom is -0.480 e. The average Bonchev–Trinajstić information content (AvgIpc) is 3.12. The maximum Gasteiger partial charge on any atom is 0.329 e. The normalized spacial score (nSPS) is 22.0. The number of nitrogens with one attached hydrogen (secondary N) is 1. The predicted octanol–water partition coefficient (Wildman–Crippen LogP) is 2.71. The van der Waals surface area contributed by atoms with Gasteiger partial charge in [-0.1, -0.05) is 24.4 Å². The molecular weight excluding hydrogens is 356 g/mol. The van der Waals surface area contributed by atoms with Crippen molar-refractivity contribution in [2.45, 2.75) is 44.1 Å². The van der Waals surface area contributed by atoms with Gasteiger partial charge in [-0.25, -0.2) is 4.79 Å². The van der Waals surface area contributed by atoms with Crippen LogP contribution in [0.3, 0.4) is 0 Å². The minimum atomic E-state index is -1.14. The van der Waals surface area contributed by atoms with Gasteiger partial charge in [0.25, 0.3) is 5.91 Å². The summed E-state index contributed by atoms with van der Waals surface area (Å²) in [7, 11) is 0. The third kappa shape index (κ3) is 3.85. The molecule has 1 heterocycles. The number of amides is 2. The van der Waals surface area contributed by atoms with Gasteiger partial charge in [0.15, 0.2) is 0 Å². The molecule has 7 heteroatoms. The zero-order valence-corrected chi connectivity index (χ0v) is 15.3. The van der Waals surface area contributed by atoms with Crippen LogP contribution in [0.4, 0.5) is 0 Å². The van der Waals surface area contributed by atoms with Gasteiger partial charge in [0, 0.05) is 23.7 Å². The number of piperidine rings is 1. The lowest BCUT2D eigenvalue weighted by molar-refractivity contribution is -0.148. The van der Waals surface area contributed by atoms with E-state index in [1.807, 2.05) is 0 Å². The van der Waals surface area contributed by atoms with E-state index in [-0.39, 0.29) is 17.7 Å². The number of carboxylic acid groups (broad SMARTS) is 1. The Kier molecular flexibility index (Phi) is 5.51. The van der Waals surface area contributed by atoms with E-state index in [2.05, 4.69) is 5.32 Å². The van der Waals surface area contributed by atoms with Gasteiger partial charge < -0.3 is 15.3 Å². The fourth-order valence-electron chi connectivity index (χ4n) is 3.86. The van der Waals surface area contributed by atoms with Crippen LogP contribution in [0.1, 0.15) is 48.9 Å². The predicted molar refractivity (Wildman–Crippen MR) is 97.1 cm³/mol. The summed E-state index contributed by atoms with van der Waals surface area (Å²) in [5.41, 5.74) is -0.604. The first-order valence-electron chi connectivity index (χ1n) is 9.01. The number of aliphatic carboxylic acids is 1. The zero-order valence-electron chi connectivity index (χ0n) is 14.5. The Bertz CT molecular complexity index is 698. The Morgan fingerprint density at radius 2 is 1.77 bits per heavy atom. The smallest absolute Gasteiger partial charge is 0.329 e. The third-order valence-corrected chi connectivity index (χ3v) is 5.65. The van der Waals surface area contributed by atoms with Gasteiger partial charge in [0.2, 0.25) is 5.91 Å². The summed E-state index contributed by atoms with van der Waals surface area (Å²) >= 11 is 5.86. The lowest BCUT2D eigenvalue weighted by atomic mass is 9.92. The number of hydrogen-bond donors (Lipinski definition) is 2. The zero-order chi connectivity index (χ0) is 18.7. The molecule has 6 nitrogen and oxygen atoms in total. The molecule has 2 amide bonds. The van der Waals surface area contributed by atoms with E-state index in [1.165, 1.54) is 0 Å². The van der Waals surface area contributed by atoms with Crippen LogP contribution in [0.2, 0.25) is 5.02 Å². The fraction of sp³-hybridized carbons (Fsp3) is 0.526. The van der Waals surface area contributed by atoms with Crippen molar-refractivity contribution in [1.29, 1.82) is 0 Å². The van der Waals surface area contributed by atoms with E-state index in [0.717, 1.165) is 19.3 Å². The number of benzene rings is 1. The van der Waals surface area contributed by atoms with E-state index in [4.69, 9.17) is 11.6 Å². The Balaban J connectivity index is 1.66. The molecule has 1 aliphatic heterocycles. The highest BCUT2D eigenvalue weighted by atomic mass is 35.5. The van der Waals surface area contributed by atoms with Gasteiger partial charge in [0.1, 0.15) is 5.54 Å². The highest BCUT2D eigenvalue weighted by Crippen LogP contribution is 2.31. The highest BCUT2D eigenvalue weighted by Gasteiger charge is 2.44. The molecule has 0 bridgehead atoms. The van der Waals surface area contributed by atoms with Gasteiger partial charge in [-0.15, -0.1) is 0 Å². The number of carbonyl (C=O) groups is 3. The lowest BCUT2D eigenvalue weighted by Gasteiger charge is -2.34.